The highest BCUT2D eigenvalue weighted by Crippen LogP contribution is 2.12. The Morgan fingerprint density at radius 1 is 1.13 bits per heavy atom. The number of unbranched alkanes of at least 4 members (excludes halogenated alkanes) is 2. The molecule has 6 nitrogen and oxygen atoms in total. The standard InChI is InChI=1S/C24H34N2O4/c1-2-3-4-5-6-10-13-22(27)26-21-16-15-20(18-25-24(21)29)30-23(28)17-14-19-11-8-7-9-12-19/h3-4,7-9,11-12,20-21H,2,5-6,10,13-18H2,1H3,(H,25,29)(H,26,27). The molecule has 2 amide bonds. The predicted molar refractivity (Wildman–Crippen MR) is 117 cm³/mol. The van der Waals surface area contributed by atoms with Crippen molar-refractivity contribution in [1.82, 2.24) is 10.6 Å². The number of nitrogens with one attached hydrogen (secondary N) is 2. The Morgan fingerprint density at radius 2 is 1.93 bits per heavy atom. The van der Waals surface area contributed by atoms with Crippen molar-refractivity contribution < 1.29 is 19.1 Å². The van der Waals surface area contributed by atoms with Crippen LogP contribution < -0.4 is 10.6 Å². The average Bonchev–Trinajstić information content (AvgIpc) is 2.92. The van der Waals surface area contributed by atoms with Crippen molar-refractivity contribution in [1.29, 1.82) is 0 Å². The lowest BCUT2D eigenvalue weighted by Gasteiger charge is -2.15. The van der Waals surface area contributed by atoms with E-state index in [-0.39, 0.29) is 30.4 Å². The highest BCUT2D eigenvalue weighted by molar-refractivity contribution is 5.87. The van der Waals surface area contributed by atoms with Gasteiger partial charge < -0.3 is 15.4 Å². The number of carbonyl (C=O) groups is 3. The van der Waals surface area contributed by atoms with Crippen molar-refractivity contribution >= 4 is 17.8 Å². The largest absolute Gasteiger partial charge is 0.460 e. The van der Waals surface area contributed by atoms with Crippen molar-refractivity contribution in [2.45, 2.75) is 76.9 Å². The van der Waals surface area contributed by atoms with Crippen LogP contribution in [0.5, 0.6) is 0 Å². The molecule has 0 radical (unpaired) electrons. The quantitative estimate of drug-likeness (QED) is 0.330. The molecule has 1 aliphatic rings. The number of hydrogen-bond acceptors (Lipinski definition) is 4. The Morgan fingerprint density at radius 3 is 2.70 bits per heavy atom. The SMILES string of the molecule is CCC=CCCCCC(=O)NC1CCC(OC(=O)CCc2ccccc2)CNC1=O. The van der Waals surface area contributed by atoms with Gasteiger partial charge in [-0.3, -0.25) is 14.4 Å². The van der Waals surface area contributed by atoms with Gasteiger partial charge >= 0.3 is 5.97 Å². The van der Waals surface area contributed by atoms with Gasteiger partial charge in [0.05, 0.1) is 6.54 Å². The van der Waals surface area contributed by atoms with E-state index < -0.39 is 6.04 Å². The second-order valence-electron chi connectivity index (χ2n) is 7.67. The molecule has 0 bridgehead atoms. The molecule has 1 aromatic rings. The van der Waals surface area contributed by atoms with Gasteiger partial charge in [0.2, 0.25) is 11.8 Å². The van der Waals surface area contributed by atoms with Crippen LogP contribution in [0.3, 0.4) is 0 Å². The number of rotatable bonds is 11. The van der Waals surface area contributed by atoms with Crippen LogP contribution in [0, 0.1) is 0 Å². The summed E-state index contributed by atoms with van der Waals surface area (Å²) in [5.74, 6) is -0.581. The normalized spacial score (nSPS) is 19.2. The summed E-state index contributed by atoms with van der Waals surface area (Å²) in [6.07, 6.45) is 10.0. The van der Waals surface area contributed by atoms with Crippen LogP contribution in [0.4, 0.5) is 0 Å². The maximum atomic E-state index is 12.3. The van der Waals surface area contributed by atoms with Crippen LogP contribution in [0.15, 0.2) is 42.5 Å². The first-order valence-corrected chi connectivity index (χ1v) is 11.0. The third kappa shape index (κ3) is 9.25. The van der Waals surface area contributed by atoms with E-state index in [1.165, 1.54) is 0 Å². The summed E-state index contributed by atoms with van der Waals surface area (Å²) in [5, 5.41) is 5.60. The van der Waals surface area contributed by atoms with E-state index >= 15 is 0 Å². The monoisotopic (exact) mass is 414 g/mol. The molecule has 6 heteroatoms. The molecule has 2 rings (SSSR count). The number of esters is 1. The summed E-state index contributed by atoms with van der Waals surface area (Å²) in [6, 6.07) is 9.23. The van der Waals surface area contributed by atoms with E-state index in [4.69, 9.17) is 4.74 Å². The Balaban J connectivity index is 1.67. The summed E-state index contributed by atoms with van der Waals surface area (Å²) >= 11 is 0. The molecule has 2 unspecified atom stereocenters. The number of ether oxygens (including phenoxy) is 1. The summed E-state index contributed by atoms with van der Waals surface area (Å²) in [5.41, 5.74) is 1.09. The molecule has 164 valence electrons. The minimum Gasteiger partial charge on any atom is -0.460 e. The van der Waals surface area contributed by atoms with Gasteiger partial charge in [0.15, 0.2) is 0 Å². The summed E-state index contributed by atoms with van der Waals surface area (Å²) in [6.45, 7) is 2.38. The predicted octanol–water partition coefficient (Wildman–Crippen LogP) is 3.45. The van der Waals surface area contributed by atoms with Crippen LogP contribution in [0.25, 0.3) is 0 Å². The van der Waals surface area contributed by atoms with Gasteiger partial charge in [0.1, 0.15) is 12.1 Å². The minimum absolute atomic E-state index is 0.104. The van der Waals surface area contributed by atoms with E-state index in [9.17, 15) is 14.4 Å². The topological polar surface area (TPSA) is 84.5 Å². The smallest absolute Gasteiger partial charge is 0.306 e. The van der Waals surface area contributed by atoms with Gasteiger partial charge in [-0.25, -0.2) is 0 Å². The molecular weight excluding hydrogens is 380 g/mol. The lowest BCUT2D eigenvalue weighted by molar-refractivity contribution is -0.149. The van der Waals surface area contributed by atoms with E-state index in [0.717, 1.165) is 31.2 Å². The summed E-state index contributed by atoms with van der Waals surface area (Å²) < 4.78 is 5.53. The van der Waals surface area contributed by atoms with Crippen molar-refractivity contribution in [3.8, 4) is 0 Å². The van der Waals surface area contributed by atoms with Gasteiger partial charge in [0.25, 0.3) is 0 Å². The summed E-state index contributed by atoms with van der Waals surface area (Å²) in [7, 11) is 0. The molecule has 1 fully saturated rings. The zero-order chi connectivity index (χ0) is 21.6. The van der Waals surface area contributed by atoms with Crippen LogP contribution in [-0.4, -0.2) is 36.5 Å². The molecule has 1 aromatic carbocycles. The first kappa shape index (κ1) is 23.6. The minimum atomic E-state index is -0.564. The van der Waals surface area contributed by atoms with Crippen LogP contribution >= 0.6 is 0 Å². The number of aryl methyl sites for hydroxylation is 1. The van der Waals surface area contributed by atoms with Crippen molar-refractivity contribution in [2.75, 3.05) is 6.54 Å². The van der Waals surface area contributed by atoms with Crippen molar-refractivity contribution in [2.24, 2.45) is 0 Å². The Kier molecular flexibility index (Phi) is 10.7. The van der Waals surface area contributed by atoms with Gasteiger partial charge in [0, 0.05) is 12.8 Å². The first-order valence-electron chi connectivity index (χ1n) is 11.0. The van der Waals surface area contributed by atoms with Crippen LogP contribution in [0.1, 0.15) is 63.9 Å². The van der Waals surface area contributed by atoms with Crippen molar-refractivity contribution in [3.05, 3.63) is 48.0 Å². The second kappa shape index (κ2) is 13.6. The van der Waals surface area contributed by atoms with Crippen LogP contribution in [0.2, 0.25) is 0 Å². The Bertz CT molecular complexity index is 702. The molecule has 30 heavy (non-hydrogen) atoms. The third-order valence-corrected chi connectivity index (χ3v) is 5.12. The Labute approximate surface area is 179 Å². The molecule has 2 atom stereocenters. The number of allylic oxidation sites excluding steroid dienone is 2. The molecule has 0 spiro atoms. The lowest BCUT2D eigenvalue weighted by Crippen LogP contribution is -2.45. The zero-order valence-corrected chi connectivity index (χ0v) is 17.9. The van der Waals surface area contributed by atoms with Crippen molar-refractivity contribution in [3.63, 3.8) is 0 Å². The van der Waals surface area contributed by atoms with E-state index in [2.05, 4.69) is 29.7 Å². The molecule has 0 aliphatic carbocycles. The molecule has 2 N–H and O–H groups in total. The highest BCUT2D eigenvalue weighted by atomic mass is 16.5. The number of carbonyl (C=O) groups excluding carboxylic acids is 3. The lowest BCUT2D eigenvalue weighted by atomic mass is 10.1. The van der Waals surface area contributed by atoms with Gasteiger partial charge in [-0.05, 0) is 50.5 Å². The fourth-order valence-electron chi connectivity index (χ4n) is 3.40. The van der Waals surface area contributed by atoms with Crippen LogP contribution in [-0.2, 0) is 25.5 Å². The van der Waals surface area contributed by atoms with E-state index in [1.807, 2.05) is 30.3 Å². The fraction of sp³-hybridized carbons (Fsp3) is 0.542. The highest BCUT2D eigenvalue weighted by Gasteiger charge is 2.27. The third-order valence-electron chi connectivity index (χ3n) is 5.12. The molecule has 1 aliphatic heterocycles. The first-order chi connectivity index (χ1) is 14.6. The van der Waals surface area contributed by atoms with Gasteiger partial charge in [-0.1, -0.05) is 49.4 Å². The number of hydrogen-bond donors (Lipinski definition) is 2. The molecule has 0 saturated carbocycles. The maximum absolute atomic E-state index is 12.3. The zero-order valence-electron chi connectivity index (χ0n) is 17.9. The maximum Gasteiger partial charge on any atom is 0.306 e. The fourth-order valence-corrected chi connectivity index (χ4v) is 3.40. The number of amides is 2. The second-order valence-corrected chi connectivity index (χ2v) is 7.67. The van der Waals surface area contributed by atoms with Gasteiger partial charge in [-0.15, -0.1) is 0 Å². The van der Waals surface area contributed by atoms with Gasteiger partial charge in [-0.2, -0.15) is 0 Å². The van der Waals surface area contributed by atoms with E-state index in [0.29, 0.717) is 32.1 Å². The van der Waals surface area contributed by atoms with E-state index in [1.54, 1.807) is 0 Å². The summed E-state index contributed by atoms with van der Waals surface area (Å²) in [4.78, 5) is 36.5. The molecule has 1 saturated heterocycles. The number of benzene rings is 1. The average molecular weight is 415 g/mol. The molecular formula is C24H34N2O4. The molecule has 1 heterocycles. The molecule has 0 aromatic heterocycles. The Hall–Kier alpha value is -2.63.